The lowest BCUT2D eigenvalue weighted by Gasteiger charge is -2.13. The van der Waals surface area contributed by atoms with Gasteiger partial charge in [-0.2, -0.15) is 0 Å². The van der Waals surface area contributed by atoms with E-state index in [-0.39, 0.29) is 22.0 Å². The number of rotatable bonds is 6. The molecule has 1 aromatic rings. The summed E-state index contributed by atoms with van der Waals surface area (Å²) in [5.41, 5.74) is 0.0842. The fraction of sp³-hybridized carbons (Fsp3) is 0.417. The molecule has 0 aliphatic carbocycles. The Labute approximate surface area is 122 Å². The number of hydrogen-bond acceptors (Lipinski definition) is 5. The second kappa shape index (κ2) is 6.81. The van der Waals surface area contributed by atoms with Crippen LogP contribution in [-0.4, -0.2) is 35.1 Å². The topological polar surface area (TPSA) is 81.7 Å². The molecule has 0 fully saturated rings. The molecule has 0 unspecified atom stereocenters. The summed E-state index contributed by atoms with van der Waals surface area (Å²) in [6.07, 6.45) is 0.755. The Bertz CT molecular complexity index is 600. The molecule has 1 N–H and O–H groups in total. The summed E-state index contributed by atoms with van der Waals surface area (Å²) in [7, 11) is 3.98. The Balaban J connectivity index is 3.40. The van der Waals surface area contributed by atoms with Gasteiger partial charge >= 0.3 is 0 Å². The van der Waals surface area contributed by atoms with Crippen LogP contribution in [0.1, 0.15) is 23.7 Å². The van der Waals surface area contributed by atoms with Gasteiger partial charge in [-0.15, -0.1) is 0 Å². The van der Waals surface area contributed by atoms with E-state index in [1.54, 1.807) is 0 Å². The van der Waals surface area contributed by atoms with Crippen molar-refractivity contribution in [1.82, 2.24) is 5.32 Å². The molecule has 1 amide bonds. The van der Waals surface area contributed by atoms with Crippen LogP contribution in [0, 0.1) is 0 Å². The highest BCUT2D eigenvalue weighted by molar-refractivity contribution is 8.13. The smallest absolute Gasteiger partial charge is 0.265 e. The first-order valence-electron chi connectivity index (χ1n) is 5.84. The SMILES string of the molecule is CCCNC(=O)c1cc(S(=O)(=O)Cl)c(OC)cc1OC. The number of methoxy groups -OCH3 is 2. The average Bonchev–Trinajstić information content (AvgIpc) is 2.42. The number of ether oxygens (including phenoxy) is 2. The van der Waals surface area contributed by atoms with E-state index in [9.17, 15) is 13.2 Å². The highest BCUT2D eigenvalue weighted by Crippen LogP contribution is 2.33. The van der Waals surface area contributed by atoms with Crippen molar-refractivity contribution < 1.29 is 22.7 Å². The predicted octanol–water partition coefficient (Wildman–Crippen LogP) is 1.77. The molecule has 20 heavy (non-hydrogen) atoms. The van der Waals surface area contributed by atoms with Gasteiger partial charge in [0.15, 0.2) is 0 Å². The molecule has 112 valence electrons. The van der Waals surface area contributed by atoms with Crippen molar-refractivity contribution in [3.05, 3.63) is 17.7 Å². The van der Waals surface area contributed by atoms with E-state index in [1.807, 2.05) is 6.92 Å². The zero-order valence-corrected chi connectivity index (χ0v) is 13.0. The first-order valence-corrected chi connectivity index (χ1v) is 8.15. The minimum atomic E-state index is -4.04. The van der Waals surface area contributed by atoms with Gasteiger partial charge in [0, 0.05) is 23.3 Å². The van der Waals surface area contributed by atoms with Gasteiger partial charge in [0.2, 0.25) is 0 Å². The normalized spacial score (nSPS) is 11.0. The molecule has 6 nitrogen and oxygen atoms in total. The zero-order chi connectivity index (χ0) is 15.3. The Morgan fingerprint density at radius 2 is 1.85 bits per heavy atom. The molecule has 0 bridgehead atoms. The molecule has 8 heteroatoms. The van der Waals surface area contributed by atoms with Crippen LogP contribution in [0.5, 0.6) is 11.5 Å². The molecule has 0 aliphatic rings. The third kappa shape index (κ3) is 3.77. The summed E-state index contributed by atoms with van der Waals surface area (Å²) in [5, 5.41) is 2.64. The second-order valence-electron chi connectivity index (χ2n) is 3.90. The number of hydrogen-bond donors (Lipinski definition) is 1. The molecule has 1 rings (SSSR count). The molecular formula is C12H16ClNO5S. The van der Waals surface area contributed by atoms with Crippen LogP contribution in [0.2, 0.25) is 0 Å². The van der Waals surface area contributed by atoms with Crippen molar-refractivity contribution in [2.24, 2.45) is 0 Å². The van der Waals surface area contributed by atoms with Crippen LogP contribution >= 0.6 is 10.7 Å². The van der Waals surface area contributed by atoms with Crippen LogP contribution in [0.4, 0.5) is 0 Å². The fourth-order valence-corrected chi connectivity index (χ4v) is 2.57. The van der Waals surface area contributed by atoms with Gasteiger partial charge in [0.05, 0.1) is 19.8 Å². The van der Waals surface area contributed by atoms with Crippen LogP contribution < -0.4 is 14.8 Å². The van der Waals surface area contributed by atoms with Gasteiger partial charge in [-0.3, -0.25) is 4.79 Å². The van der Waals surface area contributed by atoms with Crippen molar-refractivity contribution in [1.29, 1.82) is 0 Å². The Morgan fingerprint density at radius 1 is 1.25 bits per heavy atom. The van der Waals surface area contributed by atoms with E-state index in [1.165, 1.54) is 20.3 Å². The molecule has 0 aromatic heterocycles. The second-order valence-corrected chi connectivity index (χ2v) is 6.43. The van der Waals surface area contributed by atoms with E-state index < -0.39 is 15.0 Å². The van der Waals surface area contributed by atoms with Crippen molar-refractivity contribution in [3.8, 4) is 11.5 Å². The standard InChI is InChI=1S/C12H16ClNO5S/c1-4-5-14-12(15)8-6-11(20(13,16)17)10(19-3)7-9(8)18-2/h6-7H,4-5H2,1-3H3,(H,14,15). The Kier molecular flexibility index (Phi) is 5.64. The van der Waals surface area contributed by atoms with E-state index in [2.05, 4.69) is 5.32 Å². The molecule has 0 saturated carbocycles. The summed E-state index contributed by atoms with van der Waals surface area (Å²) in [5.74, 6) is -0.212. The third-order valence-electron chi connectivity index (χ3n) is 2.53. The van der Waals surface area contributed by atoms with Crippen molar-refractivity contribution in [3.63, 3.8) is 0 Å². The van der Waals surface area contributed by atoms with Gasteiger partial charge in [-0.1, -0.05) is 6.92 Å². The van der Waals surface area contributed by atoms with Gasteiger partial charge in [0.25, 0.3) is 15.0 Å². The highest BCUT2D eigenvalue weighted by Gasteiger charge is 2.23. The van der Waals surface area contributed by atoms with E-state index in [0.29, 0.717) is 6.54 Å². The van der Waals surface area contributed by atoms with Gasteiger partial charge in [-0.05, 0) is 12.5 Å². The number of carbonyl (C=O) groups is 1. The van der Waals surface area contributed by atoms with Gasteiger partial charge in [-0.25, -0.2) is 8.42 Å². The first kappa shape index (κ1) is 16.6. The van der Waals surface area contributed by atoms with Crippen LogP contribution in [0.3, 0.4) is 0 Å². The summed E-state index contributed by atoms with van der Waals surface area (Å²) < 4.78 is 33.1. The monoisotopic (exact) mass is 321 g/mol. The van der Waals surface area contributed by atoms with Gasteiger partial charge in [0.1, 0.15) is 16.4 Å². The van der Waals surface area contributed by atoms with Crippen molar-refractivity contribution in [2.45, 2.75) is 18.2 Å². The molecule has 0 heterocycles. The van der Waals surface area contributed by atoms with Crippen LogP contribution in [0.15, 0.2) is 17.0 Å². The lowest BCUT2D eigenvalue weighted by atomic mass is 10.1. The number of nitrogens with one attached hydrogen (secondary N) is 1. The summed E-state index contributed by atoms with van der Waals surface area (Å²) >= 11 is 0. The Hall–Kier alpha value is -1.47. The minimum absolute atomic E-state index is 0.0175. The number of benzene rings is 1. The van der Waals surface area contributed by atoms with Gasteiger partial charge < -0.3 is 14.8 Å². The van der Waals surface area contributed by atoms with Crippen molar-refractivity contribution >= 4 is 25.6 Å². The largest absolute Gasteiger partial charge is 0.496 e. The lowest BCUT2D eigenvalue weighted by Crippen LogP contribution is -2.24. The van der Waals surface area contributed by atoms with Crippen LogP contribution in [0.25, 0.3) is 0 Å². The zero-order valence-electron chi connectivity index (χ0n) is 11.4. The summed E-state index contributed by atoms with van der Waals surface area (Å²) in [4.78, 5) is 11.7. The van der Waals surface area contributed by atoms with E-state index >= 15 is 0 Å². The quantitative estimate of drug-likeness (QED) is 0.807. The van der Waals surface area contributed by atoms with E-state index in [0.717, 1.165) is 12.5 Å². The number of carbonyl (C=O) groups excluding carboxylic acids is 1. The maximum Gasteiger partial charge on any atom is 0.265 e. The predicted molar refractivity (Wildman–Crippen MR) is 75.2 cm³/mol. The number of halogens is 1. The maximum absolute atomic E-state index is 12.0. The minimum Gasteiger partial charge on any atom is -0.496 e. The molecule has 0 atom stereocenters. The van der Waals surface area contributed by atoms with Crippen LogP contribution in [-0.2, 0) is 9.05 Å². The summed E-state index contributed by atoms with van der Waals surface area (Å²) in [6.45, 7) is 2.37. The summed E-state index contributed by atoms with van der Waals surface area (Å²) in [6, 6.07) is 2.46. The average molecular weight is 322 g/mol. The lowest BCUT2D eigenvalue weighted by molar-refractivity contribution is 0.0950. The highest BCUT2D eigenvalue weighted by atomic mass is 35.7. The third-order valence-corrected chi connectivity index (χ3v) is 3.87. The molecule has 0 spiro atoms. The molecule has 0 saturated heterocycles. The van der Waals surface area contributed by atoms with E-state index in [4.69, 9.17) is 20.2 Å². The maximum atomic E-state index is 12.0. The molecule has 1 aromatic carbocycles. The molecule has 0 radical (unpaired) electrons. The first-order chi connectivity index (χ1) is 9.35. The molecular weight excluding hydrogens is 306 g/mol. The Morgan fingerprint density at radius 3 is 2.30 bits per heavy atom. The van der Waals surface area contributed by atoms with Crippen molar-refractivity contribution in [2.75, 3.05) is 20.8 Å². The fourth-order valence-electron chi connectivity index (χ4n) is 1.57. The molecule has 0 aliphatic heterocycles. The number of amides is 1.